The van der Waals surface area contributed by atoms with Crippen LogP contribution in [0, 0.1) is 18.3 Å². The highest BCUT2D eigenvalue weighted by molar-refractivity contribution is 5.63. The van der Waals surface area contributed by atoms with Crippen LogP contribution in [0.25, 0.3) is 0 Å². The molecule has 0 unspecified atom stereocenters. The molecule has 2 N–H and O–H groups in total. The third-order valence-electron chi connectivity index (χ3n) is 3.24. The van der Waals surface area contributed by atoms with Gasteiger partial charge in [0.1, 0.15) is 11.9 Å². The van der Waals surface area contributed by atoms with Gasteiger partial charge in [0, 0.05) is 18.3 Å². The summed E-state index contributed by atoms with van der Waals surface area (Å²) in [6.45, 7) is 3.80. The van der Waals surface area contributed by atoms with Gasteiger partial charge in [0.05, 0.1) is 11.3 Å². The van der Waals surface area contributed by atoms with Crippen molar-refractivity contribution >= 4 is 17.5 Å². The predicted octanol–water partition coefficient (Wildman–Crippen LogP) is 2.76. The van der Waals surface area contributed by atoms with Gasteiger partial charge in [-0.25, -0.2) is 4.98 Å². The zero-order valence-electron chi connectivity index (χ0n) is 13.8. The van der Waals surface area contributed by atoms with E-state index < -0.39 is 0 Å². The summed E-state index contributed by atoms with van der Waals surface area (Å²) >= 11 is 0. The molecule has 1 aromatic heterocycles. The molecule has 0 amide bonds. The highest BCUT2D eigenvalue weighted by Gasteiger charge is 2.06. The van der Waals surface area contributed by atoms with Crippen LogP contribution in [0.1, 0.15) is 17.7 Å². The number of anilines is 3. The molecular formula is C17H22N6. The fourth-order valence-electron chi connectivity index (χ4n) is 2.14. The SMILES string of the molecule is Cc1cc(NCCCN(C)C)nc(Nc2ccccc2C#N)n1. The van der Waals surface area contributed by atoms with E-state index in [1.165, 1.54) is 0 Å². The van der Waals surface area contributed by atoms with Crippen molar-refractivity contribution in [2.45, 2.75) is 13.3 Å². The summed E-state index contributed by atoms with van der Waals surface area (Å²) in [5, 5.41) is 15.6. The minimum Gasteiger partial charge on any atom is -0.370 e. The van der Waals surface area contributed by atoms with E-state index >= 15 is 0 Å². The van der Waals surface area contributed by atoms with E-state index in [0.717, 1.165) is 31.0 Å². The molecule has 0 radical (unpaired) electrons. The molecule has 23 heavy (non-hydrogen) atoms. The molecule has 120 valence electrons. The summed E-state index contributed by atoms with van der Waals surface area (Å²) < 4.78 is 0. The minimum absolute atomic E-state index is 0.489. The smallest absolute Gasteiger partial charge is 0.229 e. The molecule has 1 aromatic carbocycles. The lowest BCUT2D eigenvalue weighted by Gasteiger charge is -2.12. The fourth-order valence-corrected chi connectivity index (χ4v) is 2.14. The van der Waals surface area contributed by atoms with Crippen LogP contribution < -0.4 is 10.6 Å². The van der Waals surface area contributed by atoms with Crippen LogP contribution >= 0.6 is 0 Å². The van der Waals surface area contributed by atoms with Gasteiger partial charge < -0.3 is 15.5 Å². The van der Waals surface area contributed by atoms with Gasteiger partial charge >= 0.3 is 0 Å². The third kappa shape index (κ3) is 5.24. The van der Waals surface area contributed by atoms with Gasteiger partial charge in [0.2, 0.25) is 5.95 Å². The van der Waals surface area contributed by atoms with Gasteiger partial charge in [-0.2, -0.15) is 10.2 Å². The Hall–Kier alpha value is -2.65. The minimum atomic E-state index is 0.489. The molecule has 0 bridgehead atoms. The predicted molar refractivity (Wildman–Crippen MR) is 92.9 cm³/mol. The average Bonchev–Trinajstić information content (AvgIpc) is 2.51. The van der Waals surface area contributed by atoms with E-state index in [4.69, 9.17) is 5.26 Å². The number of aromatic nitrogens is 2. The Morgan fingerprint density at radius 3 is 2.74 bits per heavy atom. The first kappa shape index (κ1) is 16.7. The molecule has 2 aromatic rings. The number of para-hydroxylation sites is 1. The number of nitrogens with one attached hydrogen (secondary N) is 2. The van der Waals surface area contributed by atoms with Gasteiger partial charge in [-0.3, -0.25) is 0 Å². The van der Waals surface area contributed by atoms with Crippen molar-refractivity contribution in [3.05, 3.63) is 41.6 Å². The van der Waals surface area contributed by atoms with E-state index in [9.17, 15) is 0 Å². The van der Waals surface area contributed by atoms with Crippen LogP contribution in [0.15, 0.2) is 30.3 Å². The number of hydrogen-bond donors (Lipinski definition) is 2. The zero-order chi connectivity index (χ0) is 16.7. The first-order chi connectivity index (χ1) is 11.1. The molecule has 6 heteroatoms. The van der Waals surface area contributed by atoms with Crippen LogP contribution in [-0.4, -0.2) is 42.1 Å². The second kappa shape index (κ2) is 8.11. The zero-order valence-corrected chi connectivity index (χ0v) is 13.8. The van der Waals surface area contributed by atoms with Crippen molar-refractivity contribution < 1.29 is 0 Å². The van der Waals surface area contributed by atoms with E-state index in [1.54, 1.807) is 6.07 Å². The molecule has 0 fully saturated rings. The summed E-state index contributed by atoms with van der Waals surface area (Å²) in [5.41, 5.74) is 2.14. The average molecular weight is 310 g/mol. The van der Waals surface area contributed by atoms with Gasteiger partial charge in [0.15, 0.2) is 0 Å². The second-order valence-electron chi connectivity index (χ2n) is 5.58. The highest BCUT2D eigenvalue weighted by Crippen LogP contribution is 2.19. The number of hydrogen-bond acceptors (Lipinski definition) is 6. The van der Waals surface area contributed by atoms with Crippen molar-refractivity contribution in [2.75, 3.05) is 37.8 Å². The quantitative estimate of drug-likeness (QED) is 0.766. The maximum absolute atomic E-state index is 9.15. The van der Waals surface area contributed by atoms with Crippen LogP contribution in [0.5, 0.6) is 0 Å². The molecule has 0 saturated carbocycles. The van der Waals surface area contributed by atoms with Crippen molar-refractivity contribution in [1.82, 2.24) is 14.9 Å². The molecular weight excluding hydrogens is 288 g/mol. The molecule has 0 spiro atoms. The molecule has 0 atom stereocenters. The van der Waals surface area contributed by atoms with Gasteiger partial charge in [-0.1, -0.05) is 12.1 Å². The lowest BCUT2D eigenvalue weighted by Crippen LogP contribution is -2.17. The summed E-state index contributed by atoms with van der Waals surface area (Å²) in [6.07, 6.45) is 1.04. The van der Waals surface area contributed by atoms with Crippen LogP contribution in [-0.2, 0) is 0 Å². The Kier molecular flexibility index (Phi) is 5.89. The Morgan fingerprint density at radius 2 is 2.00 bits per heavy atom. The number of rotatable bonds is 7. The second-order valence-corrected chi connectivity index (χ2v) is 5.58. The maximum atomic E-state index is 9.15. The molecule has 0 aliphatic heterocycles. The molecule has 0 saturated heterocycles. The Morgan fingerprint density at radius 1 is 1.22 bits per heavy atom. The lowest BCUT2D eigenvalue weighted by atomic mass is 10.2. The van der Waals surface area contributed by atoms with E-state index in [1.807, 2.05) is 31.2 Å². The van der Waals surface area contributed by atoms with E-state index in [-0.39, 0.29) is 0 Å². The Balaban J connectivity index is 2.07. The Bertz CT molecular complexity index is 690. The van der Waals surface area contributed by atoms with Crippen molar-refractivity contribution in [3.8, 4) is 6.07 Å². The fraction of sp³-hybridized carbons (Fsp3) is 0.353. The third-order valence-corrected chi connectivity index (χ3v) is 3.24. The summed E-state index contributed by atoms with van der Waals surface area (Å²) in [4.78, 5) is 11.0. The standard InChI is InChI=1S/C17H22N6/c1-13-11-16(19-9-6-10-23(2)3)22-17(20-13)21-15-8-5-4-7-14(15)12-18/h4-5,7-8,11H,6,9-10H2,1-3H3,(H2,19,20,21,22). The van der Waals surface area contributed by atoms with Crippen molar-refractivity contribution in [3.63, 3.8) is 0 Å². The van der Waals surface area contributed by atoms with Gasteiger partial charge in [0.25, 0.3) is 0 Å². The van der Waals surface area contributed by atoms with E-state index in [2.05, 4.69) is 45.7 Å². The largest absolute Gasteiger partial charge is 0.370 e. The van der Waals surface area contributed by atoms with Crippen molar-refractivity contribution in [1.29, 1.82) is 5.26 Å². The van der Waals surface area contributed by atoms with Gasteiger partial charge in [-0.15, -0.1) is 0 Å². The molecule has 0 aliphatic carbocycles. The molecule has 2 rings (SSSR count). The summed E-state index contributed by atoms with van der Waals surface area (Å²) in [6, 6.07) is 11.4. The molecule has 6 nitrogen and oxygen atoms in total. The Labute approximate surface area is 137 Å². The van der Waals surface area contributed by atoms with Gasteiger partial charge in [-0.05, 0) is 46.1 Å². The summed E-state index contributed by atoms with van der Waals surface area (Å²) in [5.74, 6) is 1.27. The number of nitrogens with zero attached hydrogens (tertiary/aromatic N) is 4. The van der Waals surface area contributed by atoms with Crippen LogP contribution in [0.4, 0.5) is 17.5 Å². The van der Waals surface area contributed by atoms with Crippen molar-refractivity contribution in [2.24, 2.45) is 0 Å². The normalized spacial score (nSPS) is 10.4. The summed E-state index contributed by atoms with van der Waals surface area (Å²) in [7, 11) is 4.12. The van der Waals surface area contributed by atoms with Crippen LogP contribution in [0.3, 0.4) is 0 Å². The highest BCUT2D eigenvalue weighted by atomic mass is 15.1. The molecule has 1 heterocycles. The topological polar surface area (TPSA) is 76.9 Å². The first-order valence-electron chi connectivity index (χ1n) is 7.59. The van der Waals surface area contributed by atoms with E-state index in [0.29, 0.717) is 17.2 Å². The molecule has 0 aliphatic rings. The maximum Gasteiger partial charge on any atom is 0.229 e. The number of benzene rings is 1. The number of aryl methyl sites for hydroxylation is 1. The monoisotopic (exact) mass is 310 g/mol. The first-order valence-corrected chi connectivity index (χ1v) is 7.59. The number of nitriles is 1. The lowest BCUT2D eigenvalue weighted by molar-refractivity contribution is 0.405. The van der Waals surface area contributed by atoms with Crippen LogP contribution in [0.2, 0.25) is 0 Å².